The Balaban J connectivity index is 1.12. The molecule has 0 aromatic heterocycles. The second-order valence-corrected chi connectivity index (χ2v) is 12.0. The summed E-state index contributed by atoms with van der Waals surface area (Å²) in [7, 11) is 0. The van der Waals surface area contributed by atoms with Gasteiger partial charge in [0.05, 0.1) is 6.04 Å². The fraction of sp³-hybridized carbons (Fsp3) is 0.875. The van der Waals surface area contributed by atoms with Crippen molar-refractivity contribution in [3.8, 4) is 0 Å². The molecule has 0 N–H and O–H groups in total. The normalized spacial score (nSPS) is 47.3. The lowest BCUT2D eigenvalue weighted by Gasteiger charge is -2.39. The van der Waals surface area contributed by atoms with E-state index in [2.05, 4.69) is 16.7 Å². The monoisotopic (exact) mass is 401 g/mol. The molecule has 6 rings (SSSR count). The molecule has 6 aliphatic rings. The predicted molar refractivity (Wildman–Crippen MR) is 113 cm³/mol. The van der Waals surface area contributed by atoms with Crippen LogP contribution in [-0.2, 0) is 9.53 Å². The first-order valence-corrected chi connectivity index (χ1v) is 13.1. The van der Waals surface area contributed by atoms with Crippen molar-refractivity contribution in [2.45, 2.75) is 100.0 Å². The van der Waals surface area contributed by atoms with Gasteiger partial charge in [0.2, 0.25) is 0 Å². The van der Waals surface area contributed by atoms with Gasteiger partial charge in [-0.2, -0.15) is 11.8 Å². The summed E-state index contributed by atoms with van der Waals surface area (Å²) in [4.78, 5) is 14.9. The van der Waals surface area contributed by atoms with Crippen molar-refractivity contribution in [2.24, 2.45) is 17.8 Å². The van der Waals surface area contributed by atoms with Gasteiger partial charge < -0.3 is 4.74 Å². The summed E-state index contributed by atoms with van der Waals surface area (Å²) in [6, 6.07) is 1.09. The highest BCUT2D eigenvalue weighted by Gasteiger charge is 2.63. The van der Waals surface area contributed by atoms with E-state index in [1.54, 1.807) is 0 Å². The van der Waals surface area contributed by atoms with Crippen LogP contribution in [0.1, 0.15) is 77.0 Å². The zero-order chi connectivity index (χ0) is 18.7. The fourth-order valence-corrected chi connectivity index (χ4v) is 9.54. The van der Waals surface area contributed by atoms with E-state index in [1.807, 2.05) is 6.08 Å². The molecule has 3 saturated carbocycles. The Bertz CT molecular complexity index is 666. The van der Waals surface area contributed by atoms with Gasteiger partial charge in [0.1, 0.15) is 0 Å². The topological polar surface area (TPSA) is 29.5 Å². The zero-order valence-corrected chi connectivity index (χ0v) is 17.9. The molecule has 0 amide bonds. The van der Waals surface area contributed by atoms with Crippen LogP contribution in [-0.4, -0.2) is 46.1 Å². The Morgan fingerprint density at radius 2 is 1.96 bits per heavy atom. The van der Waals surface area contributed by atoms with E-state index in [4.69, 9.17) is 4.74 Å². The van der Waals surface area contributed by atoms with Crippen LogP contribution >= 0.6 is 11.8 Å². The van der Waals surface area contributed by atoms with Gasteiger partial charge in [-0.3, -0.25) is 4.90 Å². The van der Waals surface area contributed by atoms with Crippen LogP contribution in [0.2, 0.25) is 0 Å². The highest BCUT2D eigenvalue weighted by molar-refractivity contribution is 7.99. The second kappa shape index (κ2) is 7.04. The number of piperidine rings is 1. The lowest BCUT2D eigenvalue weighted by atomic mass is 9.67. The molecule has 3 aliphatic carbocycles. The number of fused-ring (bicyclic) bond motifs is 5. The first kappa shape index (κ1) is 18.3. The number of thioether (sulfide) groups is 1. The number of carbonyl (C=O) groups excluding carboxylic acids is 1. The third-order valence-electron chi connectivity index (χ3n) is 9.07. The average molecular weight is 402 g/mol. The van der Waals surface area contributed by atoms with Crippen LogP contribution in [0.25, 0.3) is 0 Å². The number of carbonyl (C=O) groups is 1. The van der Waals surface area contributed by atoms with Gasteiger partial charge >= 0.3 is 5.97 Å². The maximum atomic E-state index is 12.2. The smallest absolute Gasteiger partial charge is 0.331 e. The first-order valence-electron chi connectivity index (χ1n) is 12.0. The molecular formula is C24H35NO2S. The van der Waals surface area contributed by atoms with Crippen LogP contribution < -0.4 is 0 Å². The van der Waals surface area contributed by atoms with Crippen molar-refractivity contribution in [2.75, 3.05) is 12.3 Å². The molecule has 4 heteroatoms. The Morgan fingerprint density at radius 1 is 1.11 bits per heavy atom. The average Bonchev–Trinajstić information content (AvgIpc) is 3.17. The maximum absolute atomic E-state index is 12.2. The van der Waals surface area contributed by atoms with Gasteiger partial charge in [0.15, 0.2) is 5.60 Å². The van der Waals surface area contributed by atoms with E-state index in [1.165, 1.54) is 82.1 Å². The quantitative estimate of drug-likeness (QED) is 0.624. The maximum Gasteiger partial charge on any atom is 0.331 e. The number of nitrogens with zero attached hydrogens (tertiary/aromatic N) is 1. The molecule has 1 spiro atoms. The number of hydrogen-bond acceptors (Lipinski definition) is 4. The summed E-state index contributed by atoms with van der Waals surface area (Å²) < 4.78 is 6.02. The lowest BCUT2D eigenvalue weighted by molar-refractivity contribution is -0.148. The van der Waals surface area contributed by atoms with E-state index in [9.17, 15) is 4.79 Å². The molecule has 4 bridgehead atoms. The summed E-state index contributed by atoms with van der Waals surface area (Å²) in [5.41, 5.74) is 1.10. The van der Waals surface area contributed by atoms with Gasteiger partial charge in [0.25, 0.3) is 0 Å². The van der Waals surface area contributed by atoms with Gasteiger partial charge in [-0.25, -0.2) is 4.79 Å². The Morgan fingerprint density at radius 3 is 2.82 bits per heavy atom. The molecule has 3 nitrogen and oxygen atoms in total. The van der Waals surface area contributed by atoms with E-state index in [0.29, 0.717) is 17.3 Å². The predicted octanol–water partition coefficient (Wildman–Crippen LogP) is 4.95. The van der Waals surface area contributed by atoms with Crippen molar-refractivity contribution >= 4 is 17.7 Å². The molecule has 2 saturated heterocycles. The van der Waals surface area contributed by atoms with Crippen LogP contribution in [0.4, 0.5) is 0 Å². The highest BCUT2D eigenvalue weighted by atomic mass is 32.2. The van der Waals surface area contributed by atoms with Gasteiger partial charge in [-0.1, -0.05) is 25.7 Å². The first-order chi connectivity index (χ1) is 13.7. The molecule has 0 aromatic carbocycles. The molecule has 0 radical (unpaired) electrons. The van der Waals surface area contributed by atoms with E-state index >= 15 is 0 Å². The Kier molecular flexibility index (Phi) is 4.60. The minimum atomic E-state index is -0.236. The van der Waals surface area contributed by atoms with E-state index in [0.717, 1.165) is 30.6 Å². The molecule has 6 atom stereocenters. The van der Waals surface area contributed by atoms with Crippen LogP contribution in [0.3, 0.4) is 0 Å². The van der Waals surface area contributed by atoms with Crippen molar-refractivity contribution in [1.29, 1.82) is 0 Å². The Hall–Kier alpha value is -0.480. The van der Waals surface area contributed by atoms with Gasteiger partial charge in [0, 0.05) is 23.8 Å². The van der Waals surface area contributed by atoms with Crippen LogP contribution in [0.15, 0.2) is 11.6 Å². The number of hydrogen-bond donors (Lipinski definition) is 0. The number of rotatable bonds is 4. The standard InChI is InChI=1S/C24H35NO2S/c26-23-14-19-13-21(20-15-24(19,27-23)22-6-1-2-8-25(20)22)28-9-7-18-11-16-4-3-5-17(10-16)12-18/h14,16-18,20-22H,1-13,15H2/t16?,17?,18?,20-,21?,22+,24-/m0/s1. The fourth-order valence-electron chi connectivity index (χ4n) is 8.00. The SMILES string of the molecule is O=C1C=C2CC(SCCC3CC4CCCC(C4)C3)[C@@H]3C[C@@]2(O1)[C@H]1CCCCN31. The van der Waals surface area contributed by atoms with Crippen molar-refractivity contribution in [1.82, 2.24) is 4.90 Å². The molecule has 3 heterocycles. The number of esters is 1. The third-order valence-corrected chi connectivity index (χ3v) is 10.5. The molecule has 3 aliphatic heterocycles. The molecule has 28 heavy (non-hydrogen) atoms. The molecule has 3 unspecified atom stereocenters. The molecule has 154 valence electrons. The molecule has 5 fully saturated rings. The van der Waals surface area contributed by atoms with Crippen LogP contribution in [0, 0.1) is 17.8 Å². The van der Waals surface area contributed by atoms with Crippen LogP contribution in [0.5, 0.6) is 0 Å². The third kappa shape index (κ3) is 2.92. The van der Waals surface area contributed by atoms with Gasteiger partial charge in [-0.05, 0) is 80.6 Å². The summed E-state index contributed by atoms with van der Waals surface area (Å²) in [6.45, 7) is 1.21. The number of ether oxygens (including phenoxy) is 1. The van der Waals surface area contributed by atoms with Gasteiger partial charge in [-0.15, -0.1) is 0 Å². The summed E-state index contributed by atoms with van der Waals surface area (Å²) in [6.07, 6.45) is 18.3. The largest absolute Gasteiger partial charge is 0.450 e. The van der Waals surface area contributed by atoms with E-state index < -0.39 is 0 Å². The van der Waals surface area contributed by atoms with Crippen molar-refractivity contribution < 1.29 is 9.53 Å². The summed E-state index contributed by atoms with van der Waals surface area (Å²) >= 11 is 2.23. The Labute approximate surface area is 174 Å². The summed E-state index contributed by atoms with van der Waals surface area (Å²) in [5.74, 6) is 4.34. The molecular weight excluding hydrogens is 366 g/mol. The second-order valence-electron chi connectivity index (χ2n) is 10.6. The zero-order valence-electron chi connectivity index (χ0n) is 17.1. The highest BCUT2D eigenvalue weighted by Crippen LogP contribution is 2.56. The summed E-state index contributed by atoms with van der Waals surface area (Å²) in [5, 5.41) is 0.667. The molecule has 0 aromatic rings. The minimum absolute atomic E-state index is 0.0689. The van der Waals surface area contributed by atoms with E-state index in [-0.39, 0.29) is 11.6 Å². The van der Waals surface area contributed by atoms with Crippen molar-refractivity contribution in [3.63, 3.8) is 0 Å². The van der Waals surface area contributed by atoms with Crippen molar-refractivity contribution in [3.05, 3.63) is 11.6 Å². The minimum Gasteiger partial charge on any atom is -0.450 e. The lowest BCUT2D eigenvalue weighted by Crippen LogP contribution is -2.48.